The number of hydrogen-bond acceptors (Lipinski definition) is 3. The fourth-order valence-corrected chi connectivity index (χ4v) is 1.71. The maximum absolute atomic E-state index is 13.7. The van der Waals surface area contributed by atoms with E-state index in [1.54, 1.807) is 0 Å². The molecule has 2 N–H and O–H groups in total. The van der Waals surface area contributed by atoms with Crippen molar-refractivity contribution in [3.05, 3.63) is 35.1 Å². The number of benzene rings is 1. The normalized spacial score (nSPS) is 10.5. The van der Waals surface area contributed by atoms with Gasteiger partial charge in [0.2, 0.25) is 0 Å². The van der Waals surface area contributed by atoms with Crippen LogP contribution >= 0.6 is 12.2 Å². The van der Waals surface area contributed by atoms with Gasteiger partial charge in [0.25, 0.3) is 5.91 Å². The zero-order valence-electron chi connectivity index (χ0n) is 11.4. The lowest BCUT2D eigenvalue weighted by atomic mass is 10.1. The molecule has 1 aromatic rings. The van der Waals surface area contributed by atoms with Crippen LogP contribution in [0, 0.1) is 17.5 Å². The molecule has 0 radical (unpaired) electrons. The first-order chi connectivity index (χ1) is 9.88. The number of ether oxygens (including phenoxy) is 1. The predicted molar refractivity (Wildman–Crippen MR) is 75.5 cm³/mol. The van der Waals surface area contributed by atoms with Crippen molar-refractivity contribution < 1.29 is 22.7 Å². The lowest BCUT2D eigenvalue weighted by Crippen LogP contribution is -2.36. The van der Waals surface area contributed by atoms with Crippen LogP contribution < -0.4 is 5.73 Å². The Morgan fingerprint density at radius 3 is 2.52 bits per heavy atom. The number of hydrogen-bond donors (Lipinski definition) is 1. The summed E-state index contributed by atoms with van der Waals surface area (Å²) in [5.74, 6) is -5.32. The molecule has 0 bridgehead atoms. The van der Waals surface area contributed by atoms with Gasteiger partial charge in [-0.3, -0.25) is 4.79 Å². The predicted octanol–water partition coefficient (Wildman–Crippen LogP) is 1.87. The SMILES string of the molecule is COCCN(CCC(N)=S)C(=O)c1ccc(F)c(F)c1F. The number of nitrogens with zero attached hydrogens (tertiary/aromatic N) is 1. The van der Waals surface area contributed by atoms with E-state index in [0.717, 1.165) is 6.07 Å². The van der Waals surface area contributed by atoms with Gasteiger partial charge in [0.1, 0.15) is 0 Å². The molecule has 0 heterocycles. The second kappa shape index (κ2) is 7.94. The number of rotatable bonds is 7. The van der Waals surface area contributed by atoms with E-state index in [1.165, 1.54) is 12.0 Å². The molecule has 1 amide bonds. The summed E-state index contributed by atoms with van der Waals surface area (Å²) in [4.78, 5) is 13.6. The van der Waals surface area contributed by atoms with Crippen molar-refractivity contribution in [2.24, 2.45) is 5.73 Å². The van der Waals surface area contributed by atoms with Gasteiger partial charge in [-0.15, -0.1) is 0 Å². The highest BCUT2D eigenvalue weighted by Gasteiger charge is 2.23. The van der Waals surface area contributed by atoms with E-state index < -0.39 is 28.9 Å². The van der Waals surface area contributed by atoms with Crippen molar-refractivity contribution in [3.8, 4) is 0 Å². The summed E-state index contributed by atoms with van der Waals surface area (Å²) in [6.07, 6.45) is 0.232. The topological polar surface area (TPSA) is 55.6 Å². The second-order valence-corrected chi connectivity index (χ2v) is 4.75. The van der Waals surface area contributed by atoms with Gasteiger partial charge in [-0.25, -0.2) is 13.2 Å². The van der Waals surface area contributed by atoms with Gasteiger partial charge in [0.05, 0.1) is 17.2 Å². The van der Waals surface area contributed by atoms with Gasteiger partial charge in [-0.1, -0.05) is 12.2 Å². The molecule has 4 nitrogen and oxygen atoms in total. The second-order valence-electron chi connectivity index (χ2n) is 4.22. The van der Waals surface area contributed by atoms with Gasteiger partial charge in [0.15, 0.2) is 17.5 Å². The summed E-state index contributed by atoms with van der Waals surface area (Å²) < 4.78 is 44.6. The van der Waals surface area contributed by atoms with Gasteiger partial charge < -0.3 is 15.4 Å². The number of methoxy groups -OCH3 is 1. The molecule has 1 rings (SSSR count). The summed E-state index contributed by atoms with van der Waals surface area (Å²) in [6, 6.07) is 1.60. The van der Waals surface area contributed by atoms with Crippen molar-refractivity contribution in [1.82, 2.24) is 4.90 Å². The molecule has 8 heteroatoms. The summed E-state index contributed by atoms with van der Waals surface area (Å²) in [5, 5.41) is 0. The smallest absolute Gasteiger partial charge is 0.257 e. The fraction of sp³-hybridized carbons (Fsp3) is 0.385. The number of thiocarbonyl (C=S) groups is 1. The van der Waals surface area contributed by atoms with E-state index in [-0.39, 0.29) is 31.1 Å². The summed E-state index contributed by atoms with van der Waals surface area (Å²) >= 11 is 4.72. The van der Waals surface area contributed by atoms with Crippen LogP contribution in [-0.4, -0.2) is 42.6 Å². The van der Waals surface area contributed by atoms with E-state index in [1.807, 2.05) is 0 Å². The van der Waals surface area contributed by atoms with Crippen LogP contribution in [-0.2, 0) is 4.74 Å². The fourth-order valence-electron chi connectivity index (χ4n) is 1.62. The zero-order valence-corrected chi connectivity index (χ0v) is 12.2. The molecule has 0 atom stereocenters. The minimum Gasteiger partial charge on any atom is -0.393 e. The van der Waals surface area contributed by atoms with E-state index in [4.69, 9.17) is 22.7 Å². The van der Waals surface area contributed by atoms with Crippen molar-refractivity contribution in [2.45, 2.75) is 6.42 Å². The van der Waals surface area contributed by atoms with E-state index in [9.17, 15) is 18.0 Å². The highest BCUT2D eigenvalue weighted by molar-refractivity contribution is 7.80. The Labute approximate surface area is 125 Å². The molecule has 1 aromatic carbocycles. The third-order valence-electron chi connectivity index (χ3n) is 2.75. The maximum atomic E-state index is 13.7. The molecule has 0 aliphatic carbocycles. The molecule has 0 spiro atoms. The largest absolute Gasteiger partial charge is 0.393 e. The van der Waals surface area contributed by atoms with Crippen LogP contribution in [0.15, 0.2) is 12.1 Å². The van der Waals surface area contributed by atoms with E-state index in [0.29, 0.717) is 6.07 Å². The average Bonchev–Trinajstić information content (AvgIpc) is 2.44. The number of halogens is 3. The minimum atomic E-state index is -1.68. The third-order valence-corrected chi connectivity index (χ3v) is 2.95. The number of carbonyl (C=O) groups excluding carboxylic acids is 1. The Bertz CT molecular complexity index is 540. The van der Waals surface area contributed by atoms with Crippen LogP contribution in [0.1, 0.15) is 16.8 Å². The van der Waals surface area contributed by atoms with Crippen LogP contribution in [0.3, 0.4) is 0 Å². The third kappa shape index (κ3) is 4.68. The first kappa shape index (κ1) is 17.4. The lowest BCUT2D eigenvalue weighted by molar-refractivity contribution is 0.0695. The van der Waals surface area contributed by atoms with Gasteiger partial charge in [-0.05, 0) is 12.1 Å². The summed E-state index contributed by atoms with van der Waals surface area (Å²) in [5.41, 5.74) is 4.81. The molecule has 0 saturated heterocycles. The molecule has 0 aliphatic heterocycles. The Morgan fingerprint density at radius 1 is 1.29 bits per heavy atom. The number of carbonyl (C=O) groups is 1. The van der Waals surface area contributed by atoms with Crippen LogP contribution in [0.2, 0.25) is 0 Å². The Morgan fingerprint density at radius 2 is 1.95 bits per heavy atom. The highest BCUT2D eigenvalue weighted by atomic mass is 32.1. The molecule has 0 saturated carbocycles. The van der Waals surface area contributed by atoms with Crippen molar-refractivity contribution in [3.63, 3.8) is 0 Å². The quantitative estimate of drug-likeness (QED) is 0.615. The zero-order chi connectivity index (χ0) is 16.0. The lowest BCUT2D eigenvalue weighted by Gasteiger charge is -2.22. The maximum Gasteiger partial charge on any atom is 0.257 e. The molecule has 0 fully saturated rings. The first-order valence-corrected chi connectivity index (χ1v) is 6.49. The van der Waals surface area contributed by atoms with Gasteiger partial charge in [0, 0.05) is 26.6 Å². The number of amides is 1. The molecule has 0 aromatic heterocycles. The van der Waals surface area contributed by atoms with Gasteiger partial charge in [-0.2, -0.15) is 0 Å². The standard InChI is InChI=1S/C13H15F3N2O2S/c1-20-7-6-18(5-4-10(17)21)13(19)8-2-3-9(14)12(16)11(8)15/h2-3H,4-7H2,1H3,(H2,17,21). The molecular formula is C13H15F3N2O2S. The molecule has 21 heavy (non-hydrogen) atoms. The van der Waals surface area contributed by atoms with Crippen LogP contribution in [0.5, 0.6) is 0 Å². The Balaban J connectivity index is 2.98. The van der Waals surface area contributed by atoms with Crippen molar-refractivity contribution >= 4 is 23.1 Å². The van der Waals surface area contributed by atoms with Crippen LogP contribution in [0.25, 0.3) is 0 Å². The van der Waals surface area contributed by atoms with Crippen molar-refractivity contribution in [2.75, 3.05) is 26.8 Å². The minimum absolute atomic E-state index is 0.135. The number of nitrogens with two attached hydrogens (primary N) is 1. The van der Waals surface area contributed by atoms with Crippen LogP contribution in [0.4, 0.5) is 13.2 Å². The average molecular weight is 320 g/mol. The van der Waals surface area contributed by atoms with Gasteiger partial charge >= 0.3 is 0 Å². The van der Waals surface area contributed by atoms with E-state index in [2.05, 4.69) is 0 Å². The monoisotopic (exact) mass is 320 g/mol. The summed E-state index contributed by atoms with van der Waals surface area (Å²) in [6.45, 7) is 0.487. The Kier molecular flexibility index (Phi) is 6.57. The highest BCUT2D eigenvalue weighted by Crippen LogP contribution is 2.17. The molecule has 0 aliphatic rings. The molecular weight excluding hydrogens is 305 g/mol. The molecule has 116 valence electrons. The summed E-state index contributed by atoms with van der Waals surface area (Å²) in [7, 11) is 1.44. The van der Waals surface area contributed by atoms with Crippen molar-refractivity contribution in [1.29, 1.82) is 0 Å². The Hall–Kier alpha value is -1.67. The molecule has 0 unspecified atom stereocenters. The van der Waals surface area contributed by atoms with E-state index >= 15 is 0 Å². The first-order valence-electron chi connectivity index (χ1n) is 6.08.